The minimum Gasteiger partial charge on any atom is -0.397 e. The van der Waals surface area contributed by atoms with Crippen molar-refractivity contribution in [2.24, 2.45) is 0 Å². The number of anilines is 2. The summed E-state index contributed by atoms with van der Waals surface area (Å²) in [5.74, 6) is 0. The standard InChI is InChI=1S/C14H14F3N3/c1-20(9-10-4-6-19-7-5-10)13-3-2-11(8-12(13)18)14(15,16)17/h2-8H,9,18H2,1H3. The first-order chi connectivity index (χ1) is 9.38. The number of pyridine rings is 1. The topological polar surface area (TPSA) is 42.2 Å². The Balaban J connectivity index is 2.21. The Hall–Kier alpha value is -2.24. The second-order valence-corrected chi connectivity index (χ2v) is 4.48. The van der Waals surface area contributed by atoms with Crippen molar-refractivity contribution in [3.63, 3.8) is 0 Å². The maximum atomic E-state index is 12.6. The molecule has 106 valence electrons. The molecule has 0 aliphatic rings. The van der Waals surface area contributed by atoms with Crippen LogP contribution in [-0.4, -0.2) is 12.0 Å². The van der Waals surface area contributed by atoms with Gasteiger partial charge in [0.05, 0.1) is 16.9 Å². The van der Waals surface area contributed by atoms with E-state index in [0.29, 0.717) is 12.2 Å². The van der Waals surface area contributed by atoms with Crippen LogP contribution in [0.4, 0.5) is 24.5 Å². The molecule has 1 heterocycles. The van der Waals surface area contributed by atoms with Crippen molar-refractivity contribution in [1.29, 1.82) is 0 Å². The number of nitrogens with two attached hydrogens (primary N) is 1. The number of benzene rings is 1. The fourth-order valence-electron chi connectivity index (χ4n) is 1.93. The van der Waals surface area contributed by atoms with E-state index >= 15 is 0 Å². The van der Waals surface area contributed by atoms with Gasteiger partial charge in [0.25, 0.3) is 0 Å². The maximum absolute atomic E-state index is 12.6. The average molecular weight is 281 g/mol. The first-order valence-corrected chi connectivity index (χ1v) is 5.94. The number of nitrogens with zero attached hydrogens (tertiary/aromatic N) is 2. The third kappa shape index (κ3) is 3.20. The Labute approximate surface area is 114 Å². The predicted molar refractivity (Wildman–Crippen MR) is 72.2 cm³/mol. The summed E-state index contributed by atoms with van der Waals surface area (Å²) in [7, 11) is 1.78. The van der Waals surface area contributed by atoms with E-state index in [1.807, 2.05) is 12.1 Å². The maximum Gasteiger partial charge on any atom is 0.416 e. The van der Waals surface area contributed by atoms with Crippen LogP contribution in [0, 0.1) is 0 Å². The van der Waals surface area contributed by atoms with Crippen LogP contribution in [0.15, 0.2) is 42.7 Å². The van der Waals surface area contributed by atoms with Gasteiger partial charge >= 0.3 is 6.18 Å². The van der Waals surface area contributed by atoms with Gasteiger partial charge in [0.15, 0.2) is 0 Å². The number of hydrogen-bond donors (Lipinski definition) is 1. The Kier molecular flexibility index (Phi) is 3.83. The molecule has 6 heteroatoms. The highest BCUT2D eigenvalue weighted by Crippen LogP contribution is 2.34. The van der Waals surface area contributed by atoms with Crippen LogP contribution in [-0.2, 0) is 12.7 Å². The highest BCUT2D eigenvalue weighted by Gasteiger charge is 2.30. The van der Waals surface area contributed by atoms with E-state index in [9.17, 15) is 13.2 Å². The lowest BCUT2D eigenvalue weighted by atomic mass is 10.1. The first-order valence-electron chi connectivity index (χ1n) is 5.94. The Morgan fingerprint density at radius 2 is 1.80 bits per heavy atom. The molecule has 0 amide bonds. The quantitative estimate of drug-likeness (QED) is 0.878. The van der Waals surface area contributed by atoms with Crippen molar-refractivity contribution in [1.82, 2.24) is 4.98 Å². The number of alkyl halides is 3. The van der Waals surface area contributed by atoms with E-state index in [1.54, 1.807) is 24.3 Å². The lowest BCUT2D eigenvalue weighted by molar-refractivity contribution is -0.137. The fraction of sp³-hybridized carbons (Fsp3) is 0.214. The van der Waals surface area contributed by atoms with Crippen LogP contribution in [0.2, 0.25) is 0 Å². The van der Waals surface area contributed by atoms with Gasteiger partial charge < -0.3 is 10.6 Å². The molecule has 2 N–H and O–H groups in total. The molecule has 0 atom stereocenters. The van der Waals surface area contributed by atoms with E-state index in [-0.39, 0.29) is 5.69 Å². The molecule has 0 radical (unpaired) electrons. The van der Waals surface area contributed by atoms with Gasteiger partial charge in [0.1, 0.15) is 0 Å². The molecule has 0 fully saturated rings. The third-order valence-corrected chi connectivity index (χ3v) is 2.94. The predicted octanol–water partition coefficient (Wildman–Crippen LogP) is 3.32. The van der Waals surface area contributed by atoms with Crippen molar-refractivity contribution in [2.75, 3.05) is 17.7 Å². The van der Waals surface area contributed by atoms with Crippen molar-refractivity contribution in [3.05, 3.63) is 53.9 Å². The van der Waals surface area contributed by atoms with Crippen molar-refractivity contribution >= 4 is 11.4 Å². The van der Waals surface area contributed by atoms with E-state index in [0.717, 1.165) is 17.7 Å². The molecule has 0 spiro atoms. The van der Waals surface area contributed by atoms with Gasteiger partial charge in [-0.3, -0.25) is 4.98 Å². The summed E-state index contributed by atoms with van der Waals surface area (Å²) in [6.45, 7) is 0.540. The highest BCUT2D eigenvalue weighted by atomic mass is 19.4. The lowest BCUT2D eigenvalue weighted by Gasteiger charge is -2.22. The van der Waals surface area contributed by atoms with Crippen LogP contribution < -0.4 is 10.6 Å². The summed E-state index contributed by atoms with van der Waals surface area (Å²) < 4.78 is 37.7. The zero-order valence-corrected chi connectivity index (χ0v) is 10.9. The summed E-state index contributed by atoms with van der Waals surface area (Å²) in [4.78, 5) is 5.71. The van der Waals surface area contributed by atoms with Crippen molar-refractivity contribution in [2.45, 2.75) is 12.7 Å². The zero-order chi connectivity index (χ0) is 14.8. The largest absolute Gasteiger partial charge is 0.416 e. The van der Waals surface area contributed by atoms with E-state index < -0.39 is 11.7 Å². The summed E-state index contributed by atoms with van der Waals surface area (Å²) >= 11 is 0. The second kappa shape index (κ2) is 5.40. The highest BCUT2D eigenvalue weighted by molar-refractivity contribution is 5.68. The van der Waals surface area contributed by atoms with Crippen LogP contribution in [0.5, 0.6) is 0 Å². The van der Waals surface area contributed by atoms with Gasteiger partial charge in [0, 0.05) is 26.0 Å². The van der Waals surface area contributed by atoms with Crippen molar-refractivity contribution < 1.29 is 13.2 Å². The smallest absolute Gasteiger partial charge is 0.397 e. The number of rotatable bonds is 3. The Morgan fingerprint density at radius 1 is 1.15 bits per heavy atom. The molecule has 1 aromatic heterocycles. The molecule has 1 aromatic carbocycles. The second-order valence-electron chi connectivity index (χ2n) is 4.48. The molecule has 0 bridgehead atoms. The Bertz CT molecular complexity index is 582. The minimum absolute atomic E-state index is 0.108. The molecule has 2 aromatic rings. The Morgan fingerprint density at radius 3 is 2.35 bits per heavy atom. The number of hydrogen-bond acceptors (Lipinski definition) is 3. The number of nitrogen functional groups attached to an aromatic ring is 1. The number of aromatic nitrogens is 1. The van der Waals surface area contributed by atoms with E-state index in [2.05, 4.69) is 4.98 Å². The van der Waals surface area contributed by atoms with Gasteiger partial charge in [0.2, 0.25) is 0 Å². The lowest BCUT2D eigenvalue weighted by Crippen LogP contribution is -2.18. The van der Waals surface area contributed by atoms with Gasteiger partial charge in [-0.1, -0.05) is 0 Å². The first kappa shape index (κ1) is 14.2. The van der Waals surface area contributed by atoms with Crippen LogP contribution in [0.25, 0.3) is 0 Å². The van der Waals surface area contributed by atoms with Gasteiger partial charge in [-0.25, -0.2) is 0 Å². The van der Waals surface area contributed by atoms with Crippen LogP contribution >= 0.6 is 0 Å². The third-order valence-electron chi connectivity index (χ3n) is 2.94. The molecule has 3 nitrogen and oxygen atoms in total. The minimum atomic E-state index is -4.38. The van der Waals surface area contributed by atoms with Gasteiger partial charge in [-0.15, -0.1) is 0 Å². The zero-order valence-electron chi connectivity index (χ0n) is 10.9. The fourth-order valence-corrected chi connectivity index (χ4v) is 1.93. The summed E-state index contributed by atoms with van der Waals surface area (Å²) in [6.07, 6.45) is -1.05. The molecule has 2 rings (SSSR count). The SMILES string of the molecule is CN(Cc1ccncc1)c1ccc(C(F)(F)F)cc1N. The van der Waals surface area contributed by atoms with Crippen molar-refractivity contribution in [3.8, 4) is 0 Å². The molecule has 0 aliphatic heterocycles. The molecule has 0 unspecified atom stereocenters. The molecule has 20 heavy (non-hydrogen) atoms. The summed E-state index contributed by atoms with van der Waals surface area (Å²) in [6, 6.07) is 7.07. The molecule has 0 aliphatic carbocycles. The average Bonchev–Trinajstić information content (AvgIpc) is 2.38. The molecule has 0 saturated carbocycles. The molecule has 0 saturated heterocycles. The summed E-state index contributed by atoms with van der Waals surface area (Å²) in [5.41, 5.74) is 6.65. The van der Waals surface area contributed by atoms with Crippen LogP contribution in [0.3, 0.4) is 0 Å². The van der Waals surface area contributed by atoms with Gasteiger partial charge in [-0.05, 0) is 35.9 Å². The van der Waals surface area contributed by atoms with Gasteiger partial charge in [-0.2, -0.15) is 13.2 Å². The van der Waals surface area contributed by atoms with E-state index in [4.69, 9.17) is 5.73 Å². The molecular formula is C14H14F3N3. The summed E-state index contributed by atoms with van der Waals surface area (Å²) in [5, 5.41) is 0. The van der Waals surface area contributed by atoms with E-state index in [1.165, 1.54) is 6.07 Å². The number of halogens is 3. The monoisotopic (exact) mass is 281 g/mol. The molecular weight excluding hydrogens is 267 g/mol. The van der Waals surface area contributed by atoms with Crippen LogP contribution in [0.1, 0.15) is 11.1 Å². The normalized spacial score (nSPS) is 11.4.